The van der Waals surface area contributed by atoms with Gasteiger partial charge in [0.1, 0.15) is 0 Å². The lowest BCUT2D eigenvalue weighted by molar-refractivity contribution is 0.676. The van der Waals surface area contributed by atoms with Crippen molar-refractivity contribution in [3.05, 3.63) is 33.9 Å². The third-order valence-corrected chi connectivity index (χ3v) is 2.16. The highest BCUT2D eigenvalue weighted by Gasteiger charge is 2.06. The molecule has 2 aromatic heterocycles. The molecule has 0 unspecified atom stereocenters. The highest BCUT2D eigenvalue weighted by atomic mass is 16.1. The first-order chi connectivity index (χ1) is 6.11. The molecule has 0 N–H and O–H groups in total. The van der Waals surface area contributed by atoms with Gasteiger partial charge in [0, 0.05) is 30.6 Å². The fourth-order valence-electron chi connectivity index (χ4n) is 1.49. The Kier molecular flexibility index (Phi) is 1.52. The summed E-state index contributed by atoms with van der Waals surface area (Å²) in [7, 11) is 1.84. The van der Waals surface area contributed by atoms with Crippen molar-refractivity contribution in [2.24, 2.45) is 7.05 Å². The van der Waals surface area contributed by atoms with Gasteiger partial charge < -0.3 is 0 Å². The first-order valence-electron chi connectivity index (χ1n) is 4.12. The van der Waals surface area contributed by atoms with Crippen LogP contribution in [0.4, 0.5) is 0 Å². The predicted molar refractivity (Wildman–Crippen MR) is 49.9 cm³/mol. The molecule has 0 bridgehead atoms. The van der Waals surface area contributed by atoms with Crippen molar-refractivity contribution in [3.8, 4) is 0 Å². The molecule has 68 valence electrons. The highest BCUT2D eigenvalue weighted by molar-refractivity contribution is 5.45. The highest BCUT2D eigenvalue weighted by Crippen LogP contribution is 2.05. The van der Waals surface area contributed by atoms with Gasteiger partial charge in [-0.25, -0.2) is 4.98 Å². The molecule has 0 aliphatic heterocycles. The van der Waals surface area contributed by atoms with E-state index in [1.54, 1.807) is 22.3 Å². The summed E-state index contributed by atoms with van der Waals surface area (Å²) in [5, 5.41) is 0. The summed E-state index contributed by atoms with van der Waals surface area (Å²) in [5.41, 5.74) is 2.41. The largest absolute Gasteiger partial charge is 0.287 e. The molecule has 0 saturated carbocycles. The Labute approximate surface area is 75.4 Å². The maximum atomic E-state index is 11.7. The van der Waals surface area contributed by atoms with Gasteiger partial charge in [-0.1, -0.05) is 0 Å². The lowest BCUT2D eigenvalue weighted by Gasteiger charge is -1.98. The van der Waals surface area contributed by atoms with Gasteiger partial charge in [-0.15, -0.1) is 0 Å². The summed E-state index contributed by atoms with van der Waals surface area (Å²) in [6, 6.07) is 0. The number of rotatable bonds is 0. The van der Waals surface area contributed by atoms with Crippen molar-refractivity contribution in [3.63, 3.8) is 0 Å². The van der Waals surface area contributed by atoms with E-state index in [0.717, 1.165) is 11.2 Å². The second-order valence-electron chi connectivity index (χ2n) is 3.27. The van der Waals surface area contributed by atoms with Crippen molar-refractivity contribution < 1.29 is 0 Å². The van der Waals surface area contributed by atoms with E-state index in [-0.39, 0.29) is 5.56 Å². The quantitative estimate of drug-likeness (QED) is 0.592. The first kappa shape index (κ1) is 8.04. The van der Waals surface area contributed by atoms with E-state index in [0.29, 0.717) is 5.56 Å². The monoisotopic (exact) mass is 177 g/mol. The van der Waals surface area contributed by atoms with Crippen LogP contribution in [0, 0.1) is 13.8 Å². The molecule has 4 heteroatoms. The van der Waals surface area contributed by atoms with Crippen molar-refractivity contribution >= 4 is 5.65 Å². The van der Waals surface area contributed by atoms with Crippen molar-refractivity contribution in [2.75, 3.05) is 0 Å². The third kappa shape index (κ3) is 0.983. The molecule has 0 aromatic carbocycles. The molecule has 0 aliphatic rings. The van der Waals surface area contributed by atoms with Crippen LogP contribution in [0.3, 0.4) is 0 Å². The third-order valence-electron chi connectivity index (χ3n) is 2.16. The zero-order valence-electron chi connectivity index (χ0n) is 7.90. The maximum absolute atomic E-state index is 11.7. The Morgan fingerprint density at radius 3 is 2.69 bits per heavy atom. The molecule has 4 nitrogen and oxygen atoms in total. The molecule has 0 radical (unpaired) electrons. The van der Waals surface area contributed by atoms with Crippen LogP contribution in [0.1, 0.15) is 11.1 Å². The SMILES string of the molecule is Cc1cnc2c(C)cn(C)n2c1=O. The molecule has 0 spiro atoms. The van der Waals surface area contributed by atoms with Crippen LogP contribution in [0.25, 0.3) is 5.65 Å². The van der Waals surface area contributed by atoms with Crippen LogP contribution in [-0.2, 0) is 7.05 Å². The van der Waals surface area contributed by atoms with Gasteiger partial charge in [-0.3, -0.25) is 9.48 Å². The summed E-state index contributed by atoms with van der Waals surface area (Å²) in [6.45, 7) is 3.71. The minimum absolute atomic E-state index is 0.000556. The molecule has 13 heavy (non-hydrogen) atoms. The number of aryl methyl sites for hydroxylation is 3. The Morgan fingerprint density at radius 2 is 2.00 bits per heavy atom. The standard InChI is InChI=1S/C9H11N3O/c1-6-4-10-8-7(2)5-11(3)12(8)9(6)13/h4-5H,1-3H3. The molecule has 2 heterocycles. The minimum Gasteiger partial charge on any atom is -0.287 e. The number of fused-ring (bicyclic) bond motifs is 1. The van der Waals surface area contributed by atoms with Gasteiger partial charge in [-0.2, -0.15) is 4.52 Å². The van der Waals surface area contributed by atoms with Gasteiger partial charge in [-0.05, 0) is 13.8 Å². The number of aromatic nitrogens is 3. The summed E-state index contributed by atoms with van der Waals surface area (Å²) in [6.07, 6.45) is 3.51. The van der Waals surface area contributed by atoms with Crippen LogP contribution < -0.4 is 5.56 Å². The maximum Gasteiger partial charge on any atom is 0.275 e. The van der Waals surface area contributed by atoms with Crippen molar-refractivity contribution in [1.29, 1.82) is 0 Å². The van der Waals surface area contributed by atoms with Crippen molar-refractivity contribution in [2.45, 2.75) is 13.8 Å². The fourth-order valence-corrected chi connectivity index (χ4v) is 1.49. The lowest BCUT2D eigenvalue weighted by Crippen LogP contribution is -2.21. The van der Waals surface area contributed by atoms with E-state index in [4.69, 9.17) is 0 Å². The topological polar surface area (TPSA) is 39.3 Å². The summed E-state index contributed by atoms with van der Waals surface area (Å²) < 4.78 is 3.33. The minimum atomic E-state index is 0.000556. The van der Waals surface area contributed by atoms with E-state index in [9.17, 15) is 4.79 Å². The lowest BCUT2D eigenvalue weighted by atomic mass is 10.3. The smallest absolute Gasteiger partial charge is 0.275 e. The summed E-state index contributed by atoms with van der Waals surface area (Å²) in [4.78, 5) is 15.9. The second-order valence-corrected chi connectivity index (χ2v) is 3.27. The molecule has 2 aromatic rings. The number of hydrogen-bond acceptors (Lipinski definition) is 2. The summed E-state index contributed by atoms with van der Waals surface area (Å²) >= 11 is 0. The molecule has 0 saturated heterocycles. The zero-order valence-corrected chi connectivity index (χ0v) is 7.90. The molecular formula is C9H11N3O. The number of hydrogen-bond donors (Lipinski definition) is 0. The van der Waals surface area contributed by atoms with Gasteiger partial charge >= 0.3 is 0 Å². The molecule has 2 rings (SSSR count). The predicted octanol–water partition coefficient (Wildman–Crippen LogP) is 0.650. The van der Waals surface area contributed by atoms with Crippen LogP contribution in [-0.4, -0.2) is 14.2 Å². The Morgan fingerprint density at radius 1 is 1.31 bits per heavy atom. The Hall–Kier alpha value is -1.58. The molecule has 0 amide bonds. The Bertz CT molecular complexity index is 521. The van der Waals surface area contributed by atoms with Crippen LogP contribution >= 0.6 is 0 Å². The van der Waals surface area contributed by atoms with Gasteiger partial charge in [0.2, 0.25) is 0 Å². The first-order valence-corrected chi connectivity index (χ1v) is 4.12. The normalized spacial score (nSPS) is 11.0. The van der Waals surface area contributed by atoms with Crippen molar-refractivity contribution in [1.82, 2.24) is 14.2 Å². The van der Waals surface area contributed by atoms with Gasteiger partial charge in [0.05, 0.1) is 0 Å². The Balaban J connectivity index is 3.08. The van der Waals surface area contributed by atoms with E-state index >= 15 is 0 Å². The molecule has 0 fully saturated rings. The number of nitrogens with zero attached hydrogens (tertiary/aromatic N) is 3. The van der Waals surface area contributed by atoms with Crippen LogP contribution in [0.2, 0.25) is 0 Å². The van der Waals surface area contributed by atoms with Crippen LogP contribution in [0.15, 0.2) is 17.2 Å². The van der Waals surface area contributed by atoms with Gasteiger partial charge in [0.25, 0.3) is 5.56 Å². The van der Waals surface area contributed by atoms with E-state index in [1.807, 2.05) is 20.2 Å². The van der Waals surface area contributed by atoms with E-state index in [2.05, 4.69) is 4.98 Å². The average molecular weight is 177 g/mol. The fraction of sp³-hybridized carbons (Fsp3) is 0.333. The zero-order chi connectivity index (χ0) is 9.59. The average Bonchev–Trinajstić information content (AvgIpc) is 2.35. The van der Waals surface area contributed by atoms with E-state index < -0.39 is 0 Å². The molecule has 0 aliphatic carbocycles. The second kappa shape index (κ2) is 2.45. The van der Waals surface area contributed by atoms with Crippen LogP contribution in [0.5, 0.6) is 0 Å². The molecular weight excluding hydrogens is 166 g/mol. The van der Waals surface area contributed by atoms with E-state index in [1.165, 1.54) is 0 Å². The van der Waals surface area contributed by atoms with Gasteiger partial charge in [0.15, 0.2) is 5.65 Å². The summed E-state index contributed by atoms with van der Waals surface area (Å²) in [5.74, 6) is 0. The molecule has 0 atom stereocenters.